The van der Waals surface area contributed by atoms with E-state index in [0.717, 1.165) is 0 Å². The Kier molecular flexibility index (Phi) is 2.43. The third kappa shape index (κ3) is 1.68. The second-order valence-corrected chi connectivity index (χ2v) is 2.64. The predicted octanol–water partition coefficient (Wildman–Crippen LogP) is 0.0591. The van der Waals surface area contributed by atoms with Crippen LogP contribution in [0, 0.1) is 5.41 Å². The summed E-state index contributed by atoms with van der Waals surface area (Å²) in [5, 5.41) is 4.15. The predicted molar refractivity (Wildman–Crippen MR) is 33.1 cm³/mol. The SMILES string of the molecule is COC(=O)C1(C)COOOC1. The summed E-state index contributed by atoms with van der Waals surface area (Å²) in [6.07, 6.45) is 0. The Bertz CT molecular complexity index is 149. The molecule has 5 nitrogen and oxygen atoms in total. The van der Waals surface area contributed by atoms with Gasteiger partial charge in [-0.2, -0.15) is 0 Å². The molecule has 0 aromatic carbocycles. The Labute approximate surface area is 64.0 Å². The van der Waals surface area contributed by atoms with Crippen LogP contribution in [0.1, 0.15) is 6.92 Å². The highest BCUT2D eigenvalue weighted by molar-refractivity contribution is 5.76. The summed E-state index contributed by atoms with van der Waals surface area (Å²) >= 11 is 0. The molecule has 1 rings (SSSR count). The molecular weight excluding hydrogens is 152 g/mol. The van der Waals surface area contributed by atoms with Gasteiger partial charge in [0.05, 0.1) is 7.11 Å². The number of esters is 1. The van der Waals surface area contributed by atoms with E-state index in [-0.39, 0.29) is 19.2 Å². The van der Waals surface area contributed by atoms with Gasteiger partial charge in [0, 0.05) is 0 Å². The largest absolute Gasteiger partial charge is 0.468 e. The number of hydrogen-bond acceptors (Lipinski definition) is 5. The van der Waals surface area contributed by atoms with Crippen LogP contribution in [-0.2, 0) is 24.3 Å². The van der Waals surface area contributed by atoms with Gasteiger partial charge in [-0.3, -0.25) is 4.79 Å². The Morgan fingerprint density at radius 2 is 2.00 bits per heavy atom. The molecule has 0 aliphatic carbocycles. The van der Waals surface area contributed by atoms with E-state index in [4.69, 9.17) is 0 Å². The lowest BCUT2D eigenvalue weighted by Crippen LogP contribution is -2.41. The molecular formula is C6H10O5. The van der Waals surface area contributed by atoms with Crippen molar-refractivity contribution < 1.29 is 24.3 Å². The summed E-state index contributed by atoms with van der Waals surface area (Å²) in [6, 6.07) is 0. The first-order chi connectivity index (χ1) is 5.19. The van der Waals surface area contributed by atoms with Gasteiger partial charge in [-0.25, -0.2) is 9.78 Å². The Balaban J connectivity index is 2.56. The number of carbonyl (C=O) groups excluding carboxylic acids is 1. The first-order valence-corrected chi connectivity index (χ1v) is 3.18. The molecule has 0 saturated carbocycles. The van der Waals surface area contributed by atoms with Gasteiger partial charge >= 0.3 is 5.97 Å². The van der Waals surface area contributed by atoms with E-state index in [1.165, 1.54) is 7.11 Å². The van der Waals surface area contributed by atoms with Crippen LogP contribution in [0.3, 0.4) is 0 Å². The molecule has 0 unspecified atom stereocenters. The minimum absolute atomic E-state index is 0.152. The second-order valence-electron chi connectivity index (χ2n) is 2.64. The first kappa shape index (κ1) is 8.45. The lowest BCUT2D eigenvalue weighted by molar-refractivity contribution is -0.546. The summed E-state index contributed by atoms with van der Waals surface area (Å²) < 4.78 is 4.54. The second kappa shape index (κ2) is 3.17. The third-order valence-corrected chi connectivity index (χ3v) is 1.53. The van der Waals surface area contributed by atoms with Crippen LogP contribution in [0.2, 0.25) is 0 Å². The summed E-state index contributed by atoms with van der Waals surface area (Å²) in [5.41, 5.74) is -0.743. The zero-order chi connectivity index (χ0) is 8.32. The molecule has 0 radical (unpaired) electrons. The fourth-order valence-electron chi connectivity index (χ4n) is 0.748. The lowest BCUT2D eigenvalue weighted by atomic mass is 9.93. The third-order valence-electron chi connectivity index (χ3n) is 1.53. The standard InChI is InChI=1S/C6H10O5/c1-6(5(7)8-2)3-9-11-10-4-6/h3-4H2,1-2H3. The van der Waals surface area contributed by atoms with Crippen molar-refractivity contribution in [1.29, 1.82) is 0 Å². The molecule has 1 saturated heterocycles. The molecule has 0 aromatic heterocycles. The highest BCUT2D eigenvalue weighted by Gasteiger charge is 2.39. The molecule has 0 spiro atoms. The van der Waals surface area contributed by atoms with Gasteiger partial charge in [-0.15, -0.1) is 0 Å². The highest BCUT2D eigenvalue weighted by Crippen LogP contribution is 2.22. The molecule has 0 N–H and O–H groups in total. The minimum atomic E-state index is -0.743. The number of rotatable bonds is 1. The Hall–Kier alpha value is -0.650. The Morgan fingerprint density at radius 3 is 2.45 bits per heavy atom. The molecule has 0 atom stereocenters. The zero-order valence-corrected chi connectivity index (χ0v) is 6.46. The van der Waals surface area contributed by atoms with E-state index >= 15 is 0 Å². The quantitative estimate of drug-likeness (QED) is 0.403. The molecule has 0 bridgehead atoms. The smallest absolute Gasteiger partial charge is 0.316 e. The molecule has 1 aliphatic heterocycles. The minimum Gasteiger partial charge on any atom is -0.468 e. The van der Waals surface area contributed by atoms with Gasteiger partial charge in [0.2, 0.25) is 0 Å². The van der Waals surface area contributed by atoms with Crippen LogP contribution in [0.5, 0.6) is 0 Å². The van der Waals surface area contributed by atoms with Crippen molar-refractivity contribution in [2.75, 3.05) is 20.3 Å². The van der Waals surface area contributed by atoms with E-state index in [0.29, 0.717) is 0 Å². The summed E-state index contributed by atoms with van der Waals surface area (Å²) in [4.78, 5) is 20.0. The fraction of sp³-hybridized carbons (Fsp3) is 0.833. The van der Waals surface area contributed by atoms with Crippen molar-refractivity contribution >= 4 is 5.97 Å². The van der Waals surface area contributed by atoms with Crippen molar-refractivity contribution in [3.63, 3.8) is 0 Å². The van der Waals surface area contributed by atoms with Crippen LogP contribution in [-0.4, -0.2) is 26.3 Å². The van der Waals surface area contributed by atoms with Crippen molar-refractivity contribution in [3.8, 4) is 0 Å². The van der Waals surface area contributed by atoms with Gasteiger partial charge in [0.25, 0.3) is 0 Å². The molecule has 0 aromatic rings. The number of carbonyl (C=O) groups is 1. The fourth-order valence-corrected chi connectivity index (χ4v) is 0.748. The van der Waals surface area contributed by atoms with Gasteiger partial charge < -0.3 is 4.74 Å². The van der Waals surface area contributed by atoms with E-state index < -0.39 is 5.41 Å². The normalized spacial score (nSPS) is 22.7. The number of hydrogen-bond donors (Lipinski definition) is 0. The zero-order valence-electron chi connectivity index (χ0n) is 6.46. The lowest BCUT2D eigenvalue weighted by Gasteiger charge is -2.27. The van der Waals surface area contributed by atoms with Crippen LogP contribution < -0.4 is 0 Å². The van der Waals surface area contributed by atoms with Crippen LogP contribution in [0.15, 0.2) is 0 Å². The molecule has 0 amide bonds. The number of methoxy groups -OCH3 is 1. The molecule has 64 valence electrons. The highest BCUT2D eigenvalue weighted by atomic mass is 17.5. The average molecular weight is 162 g/mol. The maximum atomic E-state index is 11.1. The van der Waals surface area contributed by atoms with Crippen LogP contribution >= 0.6 is 0 Å². The molecule has 5 heteroatoms. The maximum Gasteiger partial charge on any atom is 0.316 e. The average Bonchev–Trinajstić information content (AvgIpc) is 2.04. The molecule has 1 heterocycles. The van der Waals surface area contributed by atoms with Crippen LogP contribution in [0.25, 0.3) is 0 Å². The summed E-state index contributed by atoms with van der Waals surface area (Å²) in [6.45, 7) is 1.99. The van der Waals surface area contributed by atoms with Crippen LogP contribution in [0.4, 0.5) is 0 Å². The first-order valence-electron chi connectivity index (χ1n) is 3.18. The molecule has 11 heavy (non-hydrogen) atoms. The van der Waals surface area contributed by atoms with Crippen molar-refractivity contribution in [2.24, 2.45) is 5.41 Å². The topological polar surface area (TPSA) is 54.0 Å². The van der Waals surface area contributed by atoms with Gasteiger partial charge in [0.1, 0.15) is 18.6 Å². The molecule has 1 aliphatic rings. The van der Waals surface area contributed by atoms with E-state index in [1.54, 1.807) is 6.92 Å². The maximum absolute atomic E-state index is 11.1. The molecule has 1 fully saturated rings. The van der Waals surface area contributed by atoms with E-state index in [9.17, 15) is 4.79 Å². The van der Waals surface area contributed by atoms with Gasteiger partial charge in [-0.1, -0.05) is 5.04 Å². The van der Waals surface area contributed by atoms with E-state index in [2.05, 4.69) is 19.6 Å². The summed E-state index contributed by atoms with van der Waals surface area (Å²) in [7, 11) is 1.32. The number of ether oxygens (including phenoxy) is 1. The Morgan fingerprint density at radius 1 is 1.45 bits per heavy atom. The van der Waals surface area contributed by atoms with Gasteiger partial charge in [-0.05, 0) is 6.92 Å². The van der Waals surface area contributed by atoms with Gasteiger partial charge in [0.15, 0.2) is 0 Å². The van der Waals surface area contributed by atoms with Crippen molar-refractivity contribution in [3.05, 3.63) is 0 Å². The van der Waals surface area contributed by atoms with E-state index in [1.807, 2.05) is 0 Å². The van der Waals surface area contributed by atoms with Crippen molar-refractivity contribution in [2.45, 2.75) is 6.92 Å². The van der Waals surface area contributed by atoms with Crippen molar-refractivity contribution in [1.82, 2.24) is 0 Å². The monoisotopic (exact) mass is 162 g/mol. The summed E-state index contributed by atoms with van der Waals surface area (Å²) in [5.74, 6) is -0.360.